The van der Waals surface area contributed by atoms with Crippen LogP contribution in [0.2, 0.25) is 0 Å². The van der Waals surface area contributed by atoms with Gasteiger partial charge in [-0.15, -0.1) is 0 Å². The van der Waals surface area contributed by atoms with E-state index in [1.165, 1.54) is 29.3 Å². The number of nitrogens with two attached hydrogens (primary N) is 1. The zero-order valence-corrected chi connectivity index (χ0v) is 16.3. The summed E-state index contributed by atoms with van der Waals surface area (Å²) in [5, 5.41) is 6.15. The van der Waals surface area contributed by atoms with Crippen molar-refractivity contribution < 1.29 is 13.9 Å². The molecule has 3 rings (SSSR count). The van der Waals surface area contributed by atoms with Crippen LogP contribution in [0.15, 0.2) is 59.7 Å². The van der Waals surface area contributed by atoms with Crippen molar-refractivity contribution in [3.63, 3.8) is 0 Å². The third-order valence-electron chi connectivity index (χ3n) is 4.44. The first kappa shape index (κ1) is 20.4. The molecule has 1 aromatic rings. The van der Waals surface area contributed by atoms with Crippen molar-refractivity contribution in [1.29, 1.82) is 0 Å². The molecular formula is C20H23FN6O2. The Morgan fingerprint density at radius 3 is 2.97 bits per heavy atom. The number of hydrogen-bond donors (Lipinski definition) is 1. The van der Waals surface area contributed by atoms with Gasteiger partial charge in [-0.3, -0.25) is 9.80 Å². The summed E-state index contributed by atoms with van der Waals surface area (Å²) in [5.41, 5.74) is 8.24. The number of morpholine rings is 1. The van der Waals surface area contributed by atoms with Crippen molar-refractivity contribution in [3.8, 4) is 0 Å². The van der Waals surface area contributed by atoms with Crippen molar-refractivity contribution in [2.45, 2.75) is 6.92 Å². The molecule has 0 aromatic carbocycles. The number of ether oxygens (including phenoxy) is 1. The summed E-state index contributed by atoms with van der Waals surface area (Å²) >= 11 is 0. The summed E-state index contributed by atoms with van der Waals surface area (Å²) in [7, 11) is 0. The second-order valence-electron chi connectivity index (χ2n) is 6.66. The van der Waals surface area contributed by atoms with Crippen molar-refractivity contribution >= 4 is 23.1 Å². The van der Waals surface area contributed by atoms with Crippen molar-refractivity contribution in [2.24, 2.45) is 5.10 Å². The van der Waals surface area contributed by atoms with Gasteiger partial charge in [-0.1, -0.05) is 25.3 Å². The lowest BCUT2D eigenvalue weighted by Gasteiger charge is -2.27. The first-order valence-corrected chi connectivity index (χ1v) is 9.07. The van der Waals surface area contributed by atoms with Crippen LogP contribution in [0.1, 0.15) is 12.7 Å². The van der Waals surface area contributed by atoms with Gasteiger partial charge in [-0.05, 0) is 24.1 Å². The molecule has 1 fully saturated rings. The predicted octanol–water partition coefficient (Wildman–Crippen LogP) is 1.98. The van der Waals surface area contributed by atoms with Crippen molar-refractivity contribution in [3.05, 3.63) is 60.4 Å². The van der Waals surface area contributed by atoms with Crippen LogP contribution >= 0.6 is 0 Å². The first-order chi connectivity index (χ1) is 13.9. The minimum absolute atomic E-state index is 0.00504. The third kappa shape index (κ3) is 4.57. The number of hydrogen-bond acceptors (Lipinski definition) is 7. The second kappa shape index (κ2) is 8.78. The van der Waals surface area contributed by atoms with Gasteiger partial charge in [-0.25, -0.2) is 14.4 Å². The molecule has 2 aliphatic heterocycles. The summed E-state index contributed by atoms with van der Waals surface area (Å²) in [4.78, 5) is 22.1. The summed E-state index contributed by atoms with van der Waals surface area (Å²) in [6.07, 6.45) is 5.90. The molecule has 0 aliphatic carbocycles. The van der Waals surface area contributed by atoms with Crippen LogP contribution in [0.4, 0.5) is 15.9 Å². The Balaban J connectivity index is 1.79. The summed E-state index contributed by atoms with van der Waals surface area (Å²) in [5.74, 6) is -0.0360. The van der Waals surface area contributed by atoms with E-state index in [9.17, 15) is 9.18 Å². The maximum Gasteiger partial charge on any atom is 0.253 e. The number of carbonyl (C=O) groups excluding carboxylic acids is 1. The molecule has 1 saturated heterocycles. The Hall–Kier alpha value is -3.33. The monoisotopic (exact) mass is 398 g/mol. The number of rotatable bonds is 6. The number of nitrogens with zero attached hydrogens (tertiary/aromatic N) is 5. The molecule has 0 saturated carbocycles. The largest absolute Gasteiger partial charge is 0.382 e. The smallest absolute Gasteiger partial charge is 0.253 e. The van der Waals surface area contributed by atoms with E-state index in [2.05, 4.69) is 28.2 Å². The van der Waals surface area contributed by atoms with Crippen LogP contribution in [0.3, 0.4) is 0 Å². The zero-order chi connectivity index (χ0) is 21.0. The zero-order valence-electron chi connectivity index (χ0n) is 16.3. The van der Waals surface area contributed by atoms with Crippen LogP contribution in [0.25, 0.3) is 0 Å². The van der Waals surface area contributed by atoms with Gasteiger partial charge in [0.15, 0.2) is 11.6 Å². The van der Waals surface area contributed by atoms with Crippen LogP contribution in [-0.2, 0) is 9.53 Å². The highest BCUT2D eigenvalue weighted by Crippen LogP contribution is 2.24. The lowest BCUT2D eigenvalue weighted by molar-refractivity contribution is -0.125. The lowest BCUT2D eigenvalue weighted by atomic mass is 10.2. The Labute approximate surface area is 168 Å². The highest BCUT2D eigenvalue weighted by molar-refractivity contribution is 6.11. The van der Waals surface area contributed by atoms with Crippen LogP contribution in [-0.4, -0.2) is 59.4 Å². The normalized spacial score (nSPS) is 18.3. The van der Waals surface area contributed by atoms with Gasteiger partial charge in [0.1, 0.15) is 23.8 Å². The van der Waals surface area contributed by atoms with Gasteiger partial charge >= 0.3 is 0 Å². The van der Waals surface area contributed by atoms with Crippen molar-refractivity contribution in [2.75, 3.05) is 43.5 Å². The SMILES string of the molecule is C=C/C=C\C(F)=C(/C)CN1CC(=C)C(c2ncc(N3CCOCC3=O)c(N)n2)=N1. The summed E-state index contributed by atoms with van der Waals surface area (Å²) < 4.78 is 19.2. The van der Waals surface area contributed by atoms with Gasteiger partial charge in [0.05, 0.1) is 25.9 Å². The molecule has 2 N–H and O–H groups in total. The van der Waals surface area contributed by atoms with E-state index in [0.29, 0.717) is 54.6 Å². The fraction of sp³-hybridized carbons (Fsp3) is 0.300. The Bertz CT molecular complexity index is 937. The molecule has 1 amide bonds. The maximum atomic E-state index is 14.0. The molecule has 0 radical (unpaired) electrons. The van der Waals surface area contributed by atoms with E-state index < -0.39 is 0 Å². The Morgan fingerprint density at radius 1 is 1.48 bits per heavy atom. The number of hydrazone groups is 1. The van der Waals surface area contributed by atoms with E-state index in [4.69, 9.17) is 10.5 Å². The standard InChI is InChI=1S/C20H23FN6O2/c1-4-5-6-15(21)13(2)10-26-11-14(3)18(25-26)20-23-9-16(19(22)24-20)27-7-8-29-12-17(27)28/h4-6,9H,1,3,7-8,10-12H2,2H3,(H2,22,23,24)/b6-5-,15-13-. The third-order valence-corrected chi connectivity index (χ3v) is 4.44. The molecule has 8 nitrogen and oxygen atoms in total. The summed E-state index contributed by atoms with van der Waals surface area (Å²) in [6.45, 7) is 10.8. The number of nitrogen functional groups attached to an aromatic ring is 1. The van der Waals surface area contributed by atoms with Crippen molar-refractivity contribution in [1.82, 2.24) is 15.0 Å². The van der Waals surface area contributed by atoms with Crippen LogP contribution < -0.4 is 10.6 Å². The minimum Gasteiger partial charge on any atom is -0.382 e. The quantitative estimate of drug-likeness (QED) is 0.736. The number of amides is 1. The van der Waals surface area contributed by atoms with E-state index in [1.54, 1.807) is 11.9 Å². The molecule has 29 heavy (non-hydrogen) atoms. The first-order valence-electron chi connectivity index (χ1n) is 9.07. The highest BCUT2D eigenvalue weighted by Gasteiger charge is 2.26. The topological polar surface area (TPSA) is 96.9 Å². The Morgan fingerprint density at radius 2 is 2.28 bits per heavy atom. The summed E-state index contributed by atoms with van der Waals surface area (Å²) in [6, 6.07) is 0. The molecule has 0 unspecified atom stereocenters. The number of carbonyl (C=O) groups is 1. The predicted molar refractivity (Wildman–Crippen MR) is 110 cm³/mol. The highest BCUT2D eigenvalue weighted by atomic mass is 19.1. The molecule has 152 valence electrons. The molecule has 9 heteroatoms. The van der Waals surface area contributed by atoms with E-state index in [-0.39, 0.29) is 24.2 Å². The average Bonchev–Trinajstić information content (AvgIpc) is 3.06. The van der Waals surface area contributed by atoms with Gasteiger partial charge in [0.2, 0.25) is 0 Å². The molecular weight excluding hydrogens is 375 g/mol. The number of anilines is 2. The average molecular weight is 398 g/mol. The molecule has 3 heterocycles. The van der Waals surface area contributed by atoms with Crippen LogP contribution in [0, 0.1) is 0 Å². The van der Waals surface area contributed by atoms with Gasteiger partial charge < -0.3 is 15.4 Å². The molecule has 2 aliphatic rings. The molecule has 0 spiro atoms. The minimum atomic E-state index is -0.334. The van der Waals surface area contributed by atoms with Gasteiger partial charge in [-0.2, -0.15) is 5.10 Å². The number of halogens is 1. The second-order valence-corrected chi connectivity index (χ2v) is 6.66. The lowest BCUT2D eigenvalue weighted by Crippen LogP contribution is -2.42. The fourth-order valence-electron chi connectivity index (χ4n) is 2.96. The molecule has 0 atom stereocenters. The van der Waals surface area contributed by atoms with Gasteiger partial charge in [0, 0.05) is 6.54 Å². The van der Waals surface area contributed by atoms with Crippen LogP contribution in [0.5, 0.6) is 0 Å². The number of aromatic nitrogens is 2. The molecule has 1 aromatic heterocycles. The molecule has 0 bridgehead atoms. The fourth-order valence-corrected chi connectivity index (χ4v) is 2.96. The van der Waals surface area contributed by atoms with Gasteiger partial charge in [0.25, 0.3) is 5.91 Å². The van der Waals surface area contributed by atoms with E-state index in [0.717, 1.165) is 0 Å². The van der Waals surface area contributed by atoms with E-state index in [1.807, 2.05) is 0 Å². The number of allylic oxidation sites excluding steroid dienone is 4. The maximum absolute atomic E-state index is 14.0. The van der Waals surface area contributed by atoms with E-state index >= 15 is 0 Å². The Kier molecular flexibility index (Phi) is 6.18.